The van der Waals surface area contributed by atoms with Crippen LogP contribution in [0.2, 0.25) is 5.02 Å². The van der Waals surface area contributed by atoms with E-state index in [0.717, 1.165) is 11.0 Å². The van der Waals surface area contributed by atoms with Gasteiger partial charge in [-0.05, 0) is 55.2 Å². The second-order valence-electron chi connectivity index (χ2n) is 12.6. The number of carboxylic acids is 1. The van der Waals surface area contributed by atoms with Gasteiger partial charge in [0.15, 0.2) is 17.3 Å². The van der Waals surface area contributed by atoms with Gasteiger partial charge in [0, 0.05) is 43.3 Å². The van der Waals surface area contributed by atoms with Gasteiger partial charge in [-0.2, -0.15) is 0 Å². The van der Waals surface area contributed by atoms with Crippen molar-refractivity contribution in [2.24, 2.45) is 0 Å². The van der Waals surface area contributed by atoms with Gasteiger partial charge in [0.05, 0.1) is 11.0 Å². The van der Waals surface area contributed by atoms with E-state index in [1.54, 1.807) is 17.0 Å². The molecule has 16 nitrogen and oxygen atoms in total. The normalized spacial score (nSPS) is 18.0. The number of fused-ring (bicyclic) bond motifs is 1. The fourth-order valence-electron chi connectivity index (χ4n) is 6.63. The van der Waals surface area contributed by atoms with Gasteiger partial charge in [-0.25, -0.2) is 28.1 Å². The van der Waals surface area contributed by atoms with Crippen LogP contribution in [0, 0.1) is 11.6 Å². The number of phenols is 3. The predicted molar refractivity (Wildman–Crippen MR) is 179 cm³/mol. The number of rotatable bonds is 7. The third-order valence-electron chi connectivity index (χ3n) is 9.36. The number of carboxylic acid groups (broad SMARTS) is 1. The molecule has 53 heavy (non-hydrogen) atoms. The van der Waals surface area contributed by atoms with Crippen LogP contribution in [0.5, 0.6) is 23.0 Å². The van der Waals surface area contributed by atoms with Crippen LogP contribution in [-0.4, -0.2) is 115 Å². The molecule has 3 aliphatic heterocycles. The highest BCUT2D eigenvalue weighted by atomic mass is 35.5. The van der Waals surface area contributed by atoms with Crippen LogP contribution >= 0.6 is 11.6 Å². The summed E-state index contributed by atoms with van der Waals surface area (Å²) in [6.45, 7) is 0.561. The number of piperidine rings is 1. The van der Waals surface area contributed by atoms with Gasteiger partial charge in [0.2, 0.25) is 5.91 Å². The number of nitrogens with one attached hydrogen (secondary N) is 2. The Morgan fingerprint density at radius 2 is 1.68 bits per heavy atom. The Kier molecular flexibility index (Phi) is 10.2. The largest absolute Gasteiger partial charge is 0.547 e. The molecule has 278 valence electrons. The van der Waals surface area contributed by atoms with Crippen molar-refractivity contribution < 1.29 is 62.9 Å². The molecule has 0 bridgehead atoms. The number of carbonyl (C=O) groups excluding carboxylic acids is 4. The van der Waals surface area contributed by atoms with Crippen molar-refractivity contribution in [1.29, 1.82) is 0 Å². The molecule has 0 spiro atoms. The molecule has 7 N–H and O–H groups in total. The van der Waals surface area contributed by atoms with Gasteiger partial charge in [-0.1, -0.05) is 23.7 Å². The minimum absolute atomic E-state index is 0.0543. The maximum absolute atomic E-state index is 14.7. The highest BCUT2D eigenvalue weighted by molar-refractivity contribution is 6.47. The Hall–Kier alpha value is -5.82. The molecular weight excluding hydrogens is 727 g/mol. The maximum Gasteiger partial charge on any atom is 0.547 e. The first-order chi connectivity index (χ1) is 25.2. The summed E-state index contributed by atoms with van der Waals surface area (Å²) in [5, 5.41) is 53.9. The van der Waals surface area contributed by atoms with Crippen molar-refractivity contribution in [2.45, 2.75) is 37.3 Å². The third kappa shape index (κ3) is 7.16. The standard InChI is InChI=1S/C33H31BClF2N5O11/c35-24-19(14-21(37)26(44)27(24)45)25(29(46)38-22-13-15-4-5-20(36)23(31(48)49)28(15)53-34(22)52)39-32(50)42-11-10-41(33(42)51)17-6-8-40(9-7-17)30(47)16-2-1-3-18(43)12-16/h1-5,12,14,17,22,25,43-45,52H,6-11,13H2,(H,38,46)(H,39,50)(H,48,49). The van der Waals surface area contributed by atoms with E-state index in [-0.39, 0.29) is 42.8 Å². The maximum atomic E-state index is 14.7. The molecule has 6 rings (SSSR count). The van der Waals surface area contributed by atoms with Crippen LogP contribution in [0.15, 0.2) is 42.5 Å². The zero-order chi connectivity index (χ0) is 38.3. The zero-order valence-electron chi connectivity index (χ0n) is 27.5. The van der Waals surface area contributed by atoms with Crippen LogP contribution in [0.1, 0.15) is 50.7 Å². The van der Waals surface area contributed by atoms with Gasteiger partial charge in [-0.3, -0.25) is 9.59 Å². The lowest BCUT2D eigenvalue weighted by Gasteiger charge is -2.36. The highest BCUT2D eigenvalue weighted by Gasteiger charge is 2.43. The van der Waals surface area contributed by atoms with Crippen LogP contribution in [-0.2, 0) is 11.2 Å². The minimum atomic E-state index is -1.96. The molecule has 2 saturated heterocycles. The molecule has 2 fully saturated rings. The number of nitrogens with zero attached hydrogens (tertiary/aromatic N) is 3. The number of hydrogen-bond acceptors (Lipinski definition) is 10. The van der Waals surface area contributed by atoms with Crippen molar-refractivity contribution in [2.75, 3.05) is 26.2 Å². The average molecular weight is 758 g/mol. The molecule has 0 aliphatic carbocycles. The molecule has 0 aromatic heterocycles. The van der Waals surface area contributed by atoms with E-state index in [1.807, 2.05) is 0 Å². The average Bonchev–Trinajstić information content (AvgIpc) is 3.52. The molecule has 2 atom stereocenters. The summed E-state index contributed by atoms with van der Waals surface area (Å²) in [4.78, 5) is 69.3. The third-order valence-corrected chi connectivity index (χ3v) is 9.76. The Morgan fingerprint density at radius 3 is 2.36 bits per heavy atom. The van der Waals surface area contributed by atoms with E-state index in [0.29, 0.717) is 37.6 Å². The molecule has 0 saturated carbocycles. The molecule has 3 aliphatic rings. The number of benzene rings is 3. The molecule has 20 heteroatoms. The smallest absolute Gasteiger partial charge is 0.534 e. The van der Waals surface area contributed by atoms with Crippen LogP contribution in [0.25, 0.3) is 0 Å². The van der Waals surface area contributed by atoms with Gasteiger partial charge in [0.25, 0.3) is 5.91 Å². The Morgan fingerprint density at radius 1 is 0.962 bits per heavy atom. The van der Waals surface area contributed by atoms with Crippen LogP contribution < -0.4 is 15.3 Å². The lowest BCUT2D eigenvalue weighted by atomic mass is 9.72. The number of halogens is 3. The van der Waals surface area contributed by atoms with Crippen molar-refractivity contribution in [3.05, 3.63) is 81.4 Å². The number of aromatic hydroxyl groups is 3. The zero-order valence-corrected chi connectivity index (χ0v) is 28.2. The van der Waals surface area contributed by atoms with Gasteiger partial charge in [-0.15, -0.1) is 0 Å². The van der Waals surface area contributed by atoms with E-state index >= 15 is 0 Å². The first kappa shape index (κ1) is 37.0. The first-order valence-corrected chi connectivity index (χ1v) is 16.6. The van der Waals surface area contributed by atoms with Gasteiger partial charge < -0.3 is 50.5 Å². The second kappa shape index (κ2) is 14.7. The highest BCUT2D eigenvalue weighted by Crippen LogP contribution is 2.41. The first-order valence-electron chi connectivity index (χ1n) is 16.2. The van der Waals surface area contributed by atoms with Gasteiger partial charge in [0.1, 0.15) is 28.9 Å². The number of carbonyl (C=O) groups is 5. The molecule has 6 amide bonds. The molecule has 0 radical (unpaired) electrons. The van der Waals surface area contributed by atoms with Crippen molar-refractivity contribution in [1.82, 2.24) is 25.3 Å². The Balaban J connectivity index is 1.17. The van der Waals surface area contributed by atoms with E-state index in [2.05, 4.69) is 10.6 Å². The lowest BCUT2D eigenvalue weighted by Crippen LogP contribution is -2.56. The monoisotopic (exact) mass is 757 g/mol. The topological polar surface area (TPSA) is 230 Å². The SMILES string of the molecule is O=C(O)c1c(F)ccc2c1OB(O)C(NC(=O)C(NC(=O)N1CCN(C3CCN(C(=O)c4cccc(O)c4)CC3)C1=O)c1cc(F)c(O)c(O)c1Cl)C2. The molecular formula is C33H31BClF2N5O11. The minimum Gasteiger partial charge on any atom is -0.534 e. The predicted octanol–water partition coefficient (Wildman–Crippen LogP) is 2.37. The van der Waals surface area contributed by atoms with E-state index in [4.69, 9.17) is 16.3 Å². The number of aromatic carboxylic acids is 1. The lowest BCUT2D eigenvalue weighted by molar-refractivity contribution is -0.123. The number of phenolic OH excluding ortho intramolecular Hbond substituents is 3. The van der Waals surface area contributed by atoms with E-state index in [9.17, 15) is 58.2 Å². The number of hydrogen-bond donors (Lipinski definition) is 7. The summed E-state index contributed by atoms with van der Waals surface area (Å²) in [6, 6.07) is 4.41. The van der Waals surface area contributed by atoms with E-state index < -0.39 is 88.1 Å². The molecule has 3 aromatic rings. The van der Waals surface area contributed by atoms with E-state index in [1.165, 1.54) is 23.1 Å². The quantitative estimate of drug-likeness (QED) is 0.137. The Labute approximate surface area is 304 Å². The van der Waals surface area contributed by atoms with Crippen LogP contribution in [0.4, 0.5) is 18.4 Å². The summed E-state index contributed by atoms with van der Waals surface area (Å²) in [5.74, 6) is -9.89. The summed E-state index contributed by atoms with van der Waals surface area (Å²) < 4.78 is 34.1. The molecule has 3 heterocycles. The summed E-state index contributed by atoms with van der Waals surface area (Å²) >= 11 is 6.18. The fourth-order valence-corrected chi connectivity index (χ4v) is 6.88. The summed E-state index contributed by atoms with van der Waals surface area (Å²) in [6.07, 6.45) is 0.478. The van der Waals surface area contributed by atoms with Crippen molar-refractivity contribution in [3.63, 3.8) is 0 Å². The van der Waals surface area contributed by atoms with Crippen molar-refractivity contribution >= 4 is 48.6 Å². The molecule has 2 unspecified atom stereocenters. The number of imide groups is 1. The summed E-state index contributed by atoms with van der Waals surface area (Å²) in [7, 11) is -1.93. The second-order valence-corrected chi connectivity index (χ2v) is 13.0. The van der Waals surface area contributed by atoms with Crippen LogP contribution in [0.3, 0.4) is 0 Å². The number of likely N-dealkylation sites (tertiary alicyclic amines) is 1. The summed E-state index contributed by atoms with van der Waals surface area (Å²) in [5.41, 5.74) is -0.972. The molecule has 3 aromatic carbocycles. The number of amides is 6. The fraction of sp³-hybridized carbons (Fsp3) is 0.303. The number of urea groups is 2. The Bertz CT molecular complexity index is 2020. The van der Waals surface area contributed by atoms with Crippen molar-refractivity contribution in [3.8, 4) is 23.0 Å². The van der Waals surface area contributed by atoms with Gasteiger partial charge >= 0.3 is 25.1 Å².